The molecule has 4 heteroatoms. The zero-order valence-corrected chi connectivity index (χ0v) is 11.6. The van der Waals surface area contributed by atoms with Gasteiger partial charge >= 0.3 is 5.97 Å². The van der Waals surface area contributed by atoms with Crippen molar-refractivity contribution >= 4 is 21.9 Å². The van der Waals surface area contributed by atoms with Crippen LogP contribution >= 0.6 is 15.9 Å². The quantitative estimate of drug-likeness (QED) is 0.639. The Morgan fingerprint density at radius 3 is 2.44 bits per heavy atom. The number of hydrogen-bond donors (Lipinski definition) is 1. The van der Waals surface area contributed by atoms with E-state index in [4.69, 9.17) is 0 Å². The van der Waals surface area contributed by atoms with Crippen molar-refractivity contribution in [2.75, 3.05) is 13.7 Å². The van der Waals surface area contributed by atoms with E-state index in [1.807, 2.05) is 0 Å². The Morgan fingerprint density at radius 2 is 1.88 bits per heavy atom. The van der Waals surface area contributed by atoms with E-state index in [9.17, 15) is 4.79 Å². The molecule has 1 fully saturated rings. The van der Waals surface area contributed by atoms with Crippen LogP contribution in [0.15, 0.2) is 0 Å². The summed E-state index contributed by atoms with van der Waals surface area (Å²) >= 11 is 3.33. The summed E-state index contributed by atoms with van der Waals surface area (Å²) in [7, 11) is 1.42. The van der Waals surface area contributed by atoms with Crippen LogP contribution in [-0.4, -0.2) is 30.5 Å². The molecule has 3 nitrogen and oxygen atoms in total. The van der Waals surface area contributed by atoms with Crippen molar-refractivity contribution in [1.82, 2.24) is 5.32 Å². The second kappa shape index (κ2) is 8.07. The number of nitrogens with one attached hydrogen (secondary N) is 1. The molecule has 1 rings (SSSR count). The third-order valence-electron chi connectivity index (χ3n) is 3.15. The maximum atomic E-state index is 11.2. The van der Waals surface area contributed by atoms with Crippen LogP contribution < -0.4 is 5.32 Å². The molecule has 0 aliphatic heterocycles. The van der Waals surface area contributed by atoms with Crippen LogP contribution in [0.2, 0.25) is 0 Å². The zero-order valence-electron chi connectivity index (χ0n) is 10.0. The van der Waals surface area contributed by atoms with E-state index in [0.29, 0.717) is 12.6 Å². The molecule has 0 amide bonds. The van der Waals surface area contributed by atoms with E-state index in [-0.39, 0.29) is 10.8 Å². The van der Waals surface area contributed by atoms with Crippen LogP contribution in [0.25, 0.3) is 0 Å². The zero-order chi connectivity index (χ0) is 11.8. The number of methoxy groups -OCH3 is 1. The van der Waals surface area contributed by atoms with Crippen LogP contribution in [0.3, 0.4) is 0 Å². The Labute approximate surface area is 106 Å². The molecule has 1 aliphatic carbocycles. The lowest BCUT2D eigenvalue weighted by Gasteiger charge is -2.22. The molecule has 16 heavy (non-hydrogen) atoms. The van der Waals surface area contributed by atoms with Gasteiger partial charge in [-0.05, 0) is 12.8 Å². The molecular formula is C12H22BrNO2. The highest BCUT2D eigenvalue weighted by Gasteiger charge is 2.17. The van der Waals surface area contributed by atoms with E-state index in [1.54, 1.807) is 0 Å². The fraction of sp³-hybridized carbons (Fsp3) is 0.917. The van der Waals surface area contributed by atoms with E-state index in [0.717, 1.165) is 0 Å². The van der Waals surface area contributed by atoms with Crippen LogP contribution in [0.1, 0.15) is 44.9 Å². The Bertz CT molecular complexity index is 203. The van der Waals surface area contributed by atoms with E-state index in [1.165, 1.54) is 52.1 Å². The monoisotopic (exact) mass is 291 g/mol. The van der Waals surface area contributed by atoms with Crippen LogP contribution in [0.5, 0.6) is 0 Å². The van der Waals surface area contributed by atoms with Crippen molar-refractivity contribution in [2.45, 2.75) is 55.8 Å². The molecule has 1 saturated carbocycles. The normalized spacial score (nSPS) is 20.9. The Kier molecular flexibility index (Phi) is 7.05. The molecule has 0 aromatic carbocycles. The fourth-order valence-electron chi connectivity index (χ4n) is 2.14. The molecule has 0 radical (unpaired) electrons. The summed E-state index contributed by atoms with van der Waals surface area (Å²) in [6, 6.07) is 0.574. The topological polar surface area (TPSA) is 38.3 Å². The van der Waals surface area contributed by atoms with Gasteiger partial charge < -0.3 is 10.1 Å². The molecule has 0 saturated heterocycles. The van der Waals surface area contributed by atoms with Gasteiger partial charge in [-0.25, -0.2) is 0 Å². The van der Waals surface area contributed by atoms with Gasteiger partial charge in [-0.2, -0.15) is 0 Å². The third kappa shape index (κ3) is 5.30. The number of rotatable bonds is 4. The number of carbonyl (C=O) groups excluding carboxylic acids is 1. The van der Waals surface area contributed by atoms with Gasteiger partial charge in [0.2, 0.25) is 0 Å². The predicted molar refractivity (Wildman–Crippen MR) is 68.8 cm³/mol. The van der Waals surface area contributed by atoms with Crippen molar-refractivity contribution in [1.29, 1.82) is 0 Å². The molecule has 0 bridgehead atoms. The van der Waals surface area contributed by atoms with E-state index < -0.39 is 0 Å². The van der Waals surface area contributed by atoms with Gasteiger partial charge in [-0.1, -0.05) is 48.0 Å². The summed E-state index contributed by atoms with van der Waals surface area (Å²) in [6.07, 6.45) is 9.18. The van der Waals surface area contributed by atoms with Gasteiger partial charge in [0.25, 0.3) is 0 Å². The second-order valence-electron chi connectivity index (χ2n) is 4.44. The highest BCUT2D eigenvalue weighted by molar-refractivity contribution is 9.10. The van der Waals surface area contributed by atoms with E-state index >= 15 is 0 Å². The molecule has 0 aromatic rings. The van der Waals surface area contributed by atoms with Crippen LogP contribution in [-0.2, 0) is 9.53 Å². The van der Waals surface area contributed by atoms with Gasteiger partial charge in [0, 0.05) is 12.6 Å². The van der Waals surface area contributed by atoms with Crippen LogP contribution in [0, 0.1) is 0 Å². The van der Waals surface area contributed by atoms with Crippen molar-refractivity contribution in [3.8, 4) is 0 Å². The van der Waals surface area contributed by atoms with Gasteiger partial charge in [-0.3, -0.25) is 4.79 Å². The Morgan fingerprint density at radius 1 is 1.31 bits per heavy atom. The van der Waals surface area contributed by atoms with E-state index in [2.05, 4.69) is 26.0 Å². The molecule has 0 aromatic heterocycles. The van der Waals surface area contributed by atoms with Crippen molar-refractivity contribution in [3.63, 3.8) is 0 Å². The number of esters is 1. The first kappa shape index (κ1) is 14.0. The number of alkyl halides is 1. The molecule has 0 spiro atoms. The molecule has 1 aliphatic rings. The molecule has 0 heterocycles. The minimum Gasteiger partial charge on any atom is -0.468 e. The molecule has 1 unspecified atom stereocenters. The summed E-state index contributed by atoms with van der Waals surface area (Å²) in [5.74, 6) is -0.196. The number of halogens is 1. The van der Waals surface area contributed by atoms with Gasteiger partial charge in [-0.15, -0.1) is 0 Å². The minimum absolute atomic E-state index is 0.196. The third-order valence-corrected chi connectivity index (χ3v) is 3.85. The summed E-state index contributed by atoms with van der Waals surface area (Å²) in [5.41, 5.74) is 0. The number of hydrogen-bond acceptors (Lipinski definition) is 3. The SMILES string of the molecule is COC(=O)C(Br)CNC1CCCCCCC1. The first-order chi connectivity index (χ1) is 7.74. The fourth-order valence-corrected chi connectivity index (χ4v) is 2.52. The largest absolute Gasteiger partial charge is 0.468 e. The molecule has 1 N–H and O–H groups in total. The van der Waals surface area contributed by atoms with Gasteiger partial charge in [0.15, 0.2) is 0 Å². The standard InChI is InChI=1S/C12H22BrNO2/c1-16-12(15)11(13)9-14-10-7-5-3-2-4-6-8-10/h10-11,14H,2-9H2,1H3. The number of carbonyl (C=O) groups is 1. The Hall–Kier alpha value is -0.0900. The lowest BCUT2D eigenvalue weighted by atomic mass is 9.97. The van der Waals surface area contributed by atoms with Gasteiger partial charge in [0.05, 0.1) is 7.11 Å². The Balaban J connectivity index is 2.21. The predicted octanol–water partition coefficient (Wildman–Crippen LogP) is 2.63. The average molecular weight is 292 g/mol. The van der Waals surface area contributed by atoms with Crippen LogP contribution in [0.4, 0.5) is 0 Å². The van der Waals surface area contributed by atoms with Crippen molar-refractivity contribution in [2.24, 2.45) is 0 Å². The first-order valence-electron chi connectivity index (χ1n) is 6.19. The maximum absolute atomic E-state index is 11.2. The summed E-state index contributed by atoms with van der Waals surface area (Å²) < 4.78 is 4.67. The first-order valence-corrected chi connectivity index (χ1v) is 7.11. The van der Waals surface area contributed by atoms with Gasteiger partial charge in [0.1, 0.15) is 4.83 Å². The highest BCUT2D eigenvalue weighted by Crippen LogP contribution is 2.17. The molecule has 94 valence electrons. The molecule has 1 atom stereocenters. The smallest absolute Gasteiger partial charge is 0.320 e. The summed E-state index contributed by atoms with van der Waals surface area (Å²) in [5, 5.41) is 3.46. The average Bonchev–Trinajstić information content (AvgIpc) is 2.26. The lowest BCUT2D eigenvalue weighted by molar-refractivity contribution is -0.139. The number of ether oxygens (including phenoxy) is 1. The highest BCUT2D eigenvalue weighted by atomic mass is 79.9. The summed E-state index contributed by atoms with van der Waals surface area (Å²) in [6.45, 7) is 0.664. The summed E-state index contributed by atoms with van der Waals surface area (Å²) in [4.78, 5) is 11.0. The molecular weight excluding hydrogens is 270 g/mol. The minimum atomic E-state index is -0.219. The van der Waals surface area contributed by atoms with Crippen molar-refractivity contribution in [3.05, 3.63) is 0 Å². The lowest BCUT2D eigenvalue weighted by Crippen LogP contribution is -2.37. The maximum Gasteiger partial charge on any atom is 0.320 e. The van der Waals surface area contributed by atoms with Crippen molar-refractivity contribution < 1.29 is 9.53 Å². The second-order valence-corrected chi connectivity index (χ2v) is 5.55.